The highest BCUT2D eigenvalue weighted by molar-refractivity contribution is 7.86. The first-order chi connectivity index (χ1) is 9.98. The summed E-state index contributed by atoms with van der Waals surface area (Å²) in [5.74, 6) is 0. The maximum Gasteiger partial charge on any atom is 0.295 e. The molecule has 3 aromatic carbocycles. The van der Waals surface area contributed by atoms with E-state index in [1.807, 2.05) is 36.4 Å². The van der Waals surface area contributed by atoms with E-state index in [0.717, 1.165) is 11.1 Å². The number of benzene rings is 3. The second-order valence-corrected chi connectivity index (χ2v) is 5.75. The zero-order valence-electron chi connectivity index (χ0n) is 11.9. The Kier molecular flexibility index (Phi) is 6.06. The van der Waals surface area contributed by atoms with Gasteiger partial charge in [-0.2, -0.15) is 8.42 Å². The fraction of sp³-hybridized carbons (Fsp3) is 0. The molecule has 22 heavy (non-hydrogen) atoms. The maximum absolute atomic E-state index is 11.0. The molecule has 0 saturated carbocycles. The van der Waals surface area contributed by atoms with Crippen LogP contribution >= 0.6 is 0 Å². The van der Waals surface area contributed by atoms with E-state index in [1.54, 1.807) is 30.3 Å². The van der Waals surface area contributed by atoms with Gasteiger partial charge in [-0.05, 0) is 23.6 Å². The third kappa shape index (κ3) is 4.56. The summed E-state index contributed by atoms with van der Waals surface area (Å²) >= 11 is 0. The van der Waals surface area contributed by atoms with E-state index in [2.05, 4.69) is 0 Å². The normalized spacial score (nSPS) is 10.2. The van der Waals surface area contributed by atoms with Crippen LogP contribution in [0.25, 0.3) is 10.8 Å². The van der Waals surface area contributed by atoms with Crippen molar-refractivity contribution in [3.05, 3.63) is 72.8 Å². The summed E-state index contributed by atoms with van der Waals surface area (Å²) in [5, 5.41) is 1.33. The average molecular weight is 318 g/mol. The minimum absolute atomic E-state index is 0. The van der Waals surface area contributed by atoms with Crippen LogP contribution in [0, 0.1) is 0 Å². The number of hydrogen-bond donors (Lipinski definition) is 3. The number of nitrogen functional groups attached to an aromatic ring is 1. The van der Waals surface area contributed by atoms with Crippen molar-refractivity contribution < 1.29 is 13.0 Å². The Bertz CT molecular complexity index is 829. The van der Waals surface area contributed by atoms with Gasteiger partial charge in [-0.1, -0.05) is 54.6 Å². The monoisotopic (exact) mass is 318 g/mol. The first-order valence-electron chi connectivity index (χ1n) is 6.24. The summed E-state index contributed by atoms with van der Waals surface area (Å²) in [5.41, 5.74) is 6.18. The lowest BCUT2D eigenvalue weighted by Crippen LogP contribution is -1.98. The molecule has 0 aliphatic rings. The number of anilines is 1. The van der Waals surface area contributed by atoms with Crippen LogP contribution in [0.3, 0.4) is 0 Å². The Morgan fingerprint density at radius 3 is 1.86 bits per heavy atom. The number of hydrogen-bond acceptors (Lipinski definition) is 4. The van der Waals surface area contributed by atoms with Crippen molar-refractivity contribution >= 4 is 26.6 Å². The predicted molar refractivity (Wildman–Crippen MR) is 89.6 cm³/mol. The van der Waals surface area contributed by atoms with Crippen LogP contribution in [-0.2, 0) is 10.1 Å². The van der Waals surface area contributed by atoms with Gasteiger partial charge in [0, 0.05) is 11.1 Å². The highest BCUT2D eigenvalue weighted by Crippen LogP contribution is 2.21. The molecular weight excluding hydrogens is 300 g/mol. The van der Waals surface area contributed by atoms with Gasteiger partial charge < -0.3 is 11.9 Å². The number of rotatable bonds is 1. The van der Waals surface area contributed by atoms with Crippen LogP contribution in [-0.4, -0.2) is 13.0 Å². The van der Waals surface area contributed by atoms with Crippen LogP contribution in [0.15, 0.2) is 77.7 Å². The van der Waals surface area contributed by atoms with Gasteiger partial charge in [0.25, 0.3) is 10.1 Å². The molecular formula is C16H18N2O3S. The first-order valence-corrected chi connectivity index (χ1v) is 7.68. The summed E-state index contributed by atoms with van der Waals surface area (Å²) in [7, 11) is -4.13. The standard InChI is InChI=1S/C10H8O3S.C6H7N.H3N/c11-14(12,13)10-7-3-5-8-4-1-2-6-9(8)10;7-6-4-2-1-3-5-6;/h1-7H,(H,11,12,13);1-5H,7H2;1H3. The van der Waals surface area contributed by atoms with Gasteiger partial charge in [0.1, 0.15) is 4.90 Å². The van der Waals surface area contributed by atoms with Crippen molar-refractivity contribution in [1.82, 2.24) is 6.15 Å². The lowest BCUT2D eigenvalue weighted by Gasteiger charge is -2.02. The fourth-order valence-corrected chi connectivity index (χ4v) is 2.59. The van der Waals surface area contributed by atoms with Gasteiger partial charge in [-0.25, -0.2) is 0 Å². The first kappa shape index (κ1) is 17.6. The van der Waals surface area contributed by atoms with E-state index in [-0.39, 0.29) is 11.0 Å². The molecule has 116 valence electrons. The molecule has 5 nitrogen and oxygen atoms in total. The highest BCUT2D eigenvalue weighted by atomic mass is 32.2. The third-order valence-electron chi connectivity index (χ3n) is 2.83. The number of fused-ring (bicyclic) bond motifs is 1. The van der Waals surface area contributed by atoms with E-state index < -0.39 is 10.1 Å². The SMILES string of the molecule is N.Nc1ccccc1.O=S(=O)(O)c1cccc2ccccc12. The Labute approximate surface area is 129 Å². The van der Waals surface area contributed by atoms with Crippen molar-refractivity contribution in [3.63, 3.8) is 0 Å². The molecule has 0 heterocycles. The molecule has 0 atom stereocenters. The van der Waals surface area contributed by atoms with E-state index in [4.69, 9.17) is 10.3 Å². The van der Waals surface area contributed by atoms with Crippen molar-refractivity contribution in [2.75, 3.05) is 5.73 Å². The van der Waals surface area contributed by atoms with Crippen molar-refractivity contribution in [3.8, 4) is 0 Å². The van der Waals surface area contributed by atoms with Gasteiger partial charge in [0.2, 0.25) is 0 Å². The second kappa shape index (κ2) is 7.56. The zero-order valence-corrected chi connectivity index (χ0v) is 12.7. The van der Waals surface area contributed by atoms with Crippen molar-refractivity contribution in [2.45, 2.75) is 4.90 Å². The lowest BCUT2D eigenvalue weighted by atomic mass is 10.1. The summed E-state index contributed by atoms with van der Waals surface area (Å²) < 4.78 is 31.0. The third-order valence-corrected chi connectivity index (χ3v) is 3.74. The van der Waals surface area contributed by atoms with Crippen molar-refractivity contribution in [2.24, 2.45) is 0 Å². The van der Waals surface area contributed by atoms with Gasteiger partial charge in [-0.15, -0.1) is 0 Å². The van der Waals surface area contributed by atoms with E-state index >= 15 is 0 Å². The predicted octanol–water partition coefficient (Wildman–Crippen LogP) is 3.52. The molecule has 0 aromatic heterocycles. The van der Waals surface area contributed by atoms with Gasteiger partial charge >= 0.3 is 0 Å². The quantitative estimate of drug-likeness (QED) is 0.469. The second-order valence-electron chi connectivity index (χ2n) is 4.36. The topological polar surface area (TPSA) is 115 Å². The van der Waals surface area contributed by atoms with E-state index in [1.165, 1.54) is 6.07 Å². The zero-order chi connectivity index (χ0) is 15.3. The summed E-state index contributed by atoms with van der Waals surface area (Å²) in [6.07, 6.45) is 0. The molecule has 0 spiro atoms. The van der Waals surface area contributed by atoms with Crippen LogP contribution in [0.5, 0.6) is 0 Å². The van der Waals surface area contributed by atoms with Crippen LogP contribution < -0.4 is 11.9 Å². The van der Waals surface area contributed by atoms with Crippen LogP contribution in [0.4, 0.5) is 5.69 Å². The van der Waals surface area contributed by atoms with Gasteiger partial charge in [-0.3, -0.25) is 4.55 Å². The summed E-state index contributed by atoms with van der Waals surface area (Å²) in [6.45, 7) is 0. The molecule has 0 saturated heterocycles. The highest BCUT2D eigenvalue weighted by Gasteiger charge is 2.12. The molecule has 3 rings (SSSR count). The lowest BCUT2D eigenvalue weighted by molar-refractivity contribution is 0.484. The Morgan fingerprint density at radius 2 is 1.32 bits per heavy atom. The fourth-order valence-electron chi connectivity index (χ4n) is 1.87. The molecule has 0 aliphatic heterocycles. The molecule has 0 unspecified atom stereocenters. The number of para-hydroxylation sites is 1. The Hall–Kier alpha value is -2.41. The van der Waals surface area contributed by atoms with E-state index in [0.29, 0.717) is 5.39 Å². The Morgan fingerprint density at radius 1 is 0.773 bits per heavy atom. The minimum Gasteiger partial charge on any atom is -0.399 e. The Balaban J connectivity index is 0.000000258. The molecule has 0 bridgehead atoms. The summed E-state index contributed by atoms with van der Waals surface area (Å²) in [6, 6.07) is 21.3. The largest absolute Gasteiger partial charge is 0.399 e. The van der Waals surface area contributed by atoms with Gasteiger partial charge in [0.15, 0.2) is 0 Å². The van der Waals surface area contributed by atoms with Crippen LogP contribution in [0.1, 0.15) is 0 Å². The number of nitrogens with two attached hydrogens (primary N) is 1. The van der Waals surface area contributed by atoms with Crippen LogP contribution in [0.2, 0.25) is 0 Å². The van der Waals surface area contributed by atoms with Crippen molar-refractivity contribution in [1.29, 1.82) is 0 Å². The molecule has 3 aromatic rings. The van der Waals surface area contributed by atoms with E-state index in [9.17, 15) is 8.42 Å². The average Bonchev–Trinajstić information content (AvgIpc) is 2.47. The molecule has 0 radical (unpaired) electrons. The van der Waals surface area contributed by atoms with Gasteiger partial charge in [0.05, 0.1) is 0 Å². The molecule has 6 heteroatoms. The maximum atomic E-state index is 11.0. The summed E-state index contributed by atoms with van der Waals surface area (Å²) in [4.78, 5) is -0.0457. The minimum atomic E-state index is -4.13. The molecule has 0 aliphatic carbocycles. The molecule has 6 N–H and O–H groups in total. The molecule has 0 fully saturated rings. The smallest absolute Gasteiger partial charge is 0.295 e. The molecule has 0 amide bonds.